The van der Waals surface area contributed by atoms with Gasteiger partial charge in [0.05, 0.1) is 5.52 Å². The molecule has 0 aliphatic rings. The Morgan fingerprint density at radius 2 is 1.77 bits per heavy atom. The average Bonchev–Trinajstić information content (AvgIpc) is 2.66. The van der Waals surface area contributed by atoms with Crippen LogP contribution >= 0.6 is 11.8 Å². The standard InChI is InChI=1S/C22H27N3S/c1-25(2)14-8-13-23-16-20-15-19-11-6-7-12-21(19)24-22(20)26-17-18-9-4-3-5-10-18/h3-7,9-12,15,23H,8,13-14,16-17H2,1-2H3. The third-order valence-corrected chi connectivity index (χ3v) is 5.36. The lowest BCUT2D eigenvalue weighted by molar-refractivity contribution is 0.394. The van der Waals surface area contributed by atoms with E-state index in [2.05, 4.69) is 85.0 Å². The van der Waals surface area contributed by atoms with Crippen LogP contribution in [0.5, 0.6) is 0 Å². The lowest BCUT2D eigenvalue weighted by Gasteiger charge is -2.13. The fourth-order valence-electron chi connectivity index (χ4n) is 2.86. The SMILES string of the molecule is CN(C)CCCNCc1cc2ccccc2nc1SCc1ccccc1. The molecule has 2 aromatic carbocycles. The Bertz CT molecular complexity index is 818. The minimum atomic E-state index is 0.863. The highest BCUT2D eigenvalue weighted by Gasteiger charge is 2.08. The number of hydrogen-bond acceptors (Lipinski definition) is 4. The third-order valence-electron chi connectivity index (χ3n) is 4.26. The Morgan fingerprint density at radius 1 is 1.00 bits per heavy atom. The van der Waals surface area contributed by atoms with E-state index >= 15 is 0 Å². The first-order chi connectivity index (χ1) is 12.7. The van der Waals surface area contributed by atoms with Crippen LogP contribution in [0.4, 0.5) is 0 Å². The zero-order valence-corrected chi connectivity index (χ0v) is 16.4. The van der Waals surface area contributed by atoms with Gasteiger partial charge in [-0.2, -0.15) is 0 Å². The Hall–Kier alpha value is -1.88. The summed E-state index contributed by atoms with van der Waals surface area (Å²) < 4.78 is 0. The van der Waals surface area contributed by atoms with Crippen LogP contribution in [-0.2, 0) is 12.3 Å². The molecule has 0 spiro atoms. The lowest BCUT2D eigenvalue weighted by atomic mass is 10.1. The molecule has 0 bridgehead atoms. The van der Waals surface area contributed by atoms with Gasteiger partial charge < -0.3 is 10.2 Å². The van der Waals surface area contributed by atoms with E-state index in [-0.39, 0.29) is 0 Å². The second-order valence-electron chi connectivity index (χ2n) is 6.75. The maximum absolute atomic E-state index is 4.93. The van der Waals surface area contributed by atoms with Gasteiger partial charge >= 0.3 is 0 Å². The largest absolute Gasteiger partial charge is 0.313 e. The first-order valence-corrected chi connectivity index (χ1v) is 10.1. The van der Waals surface area contributed by atoms with Crippen molar-refractivity contribution in [3.8, 4) is 0 Å². The van der Waals surface area contributed by atoms with Crippen molar-refractivity contribution in [2.45, 2.75) is 23.7 Å². The summed E-state index contributed by atoms with van der Waals surface area (Å²) >= 11 is 1.82. The number of nitrogens with one attached hydrogen (secondary N) is 1. The van der Waals surface area contributed by atoms with Gasteiger partial charge in [-0.3, -0.25) is 0 Å². The highest BCUT2D eigenvalue weighted by atomic mass is 32.2. The normalized spacial score (nSPS) is 11.3. The van der Waals surface area contributed by atoms with Crippen LogP contribution in [0.25, 0.3) is 10.9 Å². The molecule has 1 aromatic heterocycles. The number of aromatic nitrogens is 1. The average molecular weight is 366 g/mol. The maximum Gasteiger partial charge on any atom is 0.102 e. The van der Waals surface area contributed by atoms with Gasteiger partial charge in [0.1, 0.15) is 5.03 Å². The molecule has 0 aliphatic heterocycles. The monoisotopic (exact) mass is 365 g/mol. The maximum atomic E-state index is 4.93. The van der Waals surface area contributed by atoms with Crippen molar-refractivity contribution in [1.29, 1.82) is 0 Å². The number of nitrogens with zero attached hydrogens (tertiary/aromatic N) is 2. The summed E-state index contributed by atoms with van der Waals surface area (Å²) in [5.41, 5.74) is 3.69. The van der Waals surface area contributed by atoms with E-state index in [1.807, 2.05) is 11.8 Å². The van der Waals surface area contributed by atoms with Crippen molar-refractivity contribution in [2.75, 3.05) is 27.2 Å². The number of rotatable bonds is 9. The molecule has 0 saturated heterocycles. The molecule has 3 nitrogen and oxygen atoms in total. The summed E-state index contributed by atoms with van der Waals surface area (Å²) in [5, 5.41) is 5.92. The van der Waals surface area contributed by atoms with Gasteiger partial charge in [0.15, 0.2) is 0 Å². The van der Waals surface area contributed by atoms with E-state index in [0.717, 1.165) is 42.4 Å². The molecule has 0 aliphatic carbocycles. The van der Waals surface area contributed by atoms with E-state index in [9.17, 15) is 0 Å². The first kappa shape index (κ1) is 18.9. The summed E-state index contributed by atoms with van der Waals surface area (Å²) in [5.74, 6) is 0.944. The van der Waals surface area contributed by atoms with Gasteiger partial charge in [0.25, 0.3) is 0 Å². The van der Waals surface area contributed by atoms with Crippen molar-refractivity contribution < 1.29 is 0 Å². The zero-order valence-electron chi connectivity index (χ0n) is 15.6. The van der Waals surface area contributed by atoms with Gasteiger partial charge in [-0.25, -0.2) is 4.98 Å². The van der Waals surface area contributed by atoms with Crippen molar-refractivity contribution in [3.05, 3.63) is 71.8 Å². The van der Waals surface area contributed by atoms with Crippen LogP contribution in [0.1, 0.15) is 17.5 Å². The number of benzene rings is 2. The molecule has 0 fully saturated rings. The molecule has 136 valence electrons. The molecule has 1 N–H and O–H groups in total. The number of hydrogen-bond donors (Lipinski definition) is 1. The Morgan fingerprint density at radius 3 is 2.58 bits per heavy atom. The van der Waals surface area contributed by atoms with Crippen LogP contribution in [0.15, 0.2) is 65.7 Å². The fourth-order valence-corrected chi connectivity index (χ4v) is 3.84. The number of pyridine rings is 1. The lowest BCUT2D eigenvalue weighted by Crippen LogP contribution is -2.21. The summed E-state index contributed by atoms with van der Waals surface area (Å²) in [4.78, 5) is 7.15. The van der Waals surface area contributed by atoms with Gasteiger partial charge in [-0.15, -0.1) is 11.8 Å². The van der Waals surface area contributed by atoms with Crippen LogP contribution in [0, 0.1) is 0 Å². The molecule has 0 amide bonds. The molecule has 3 rings (SSSR count). The molecule has 0 radical (unpaired) electrons. The Balaban J connectivity index is 1.71. The van der Waals surface area contributed by atoms with Gasteiger partial charge in [-0.1, -0.05) is 48.5 Å². The van der Waals surface area contributed by atoms with E-state index in [4.69, 9.17) is 4.98 Å². The van der Waals surface area contributed by atoms with Crippen LogP contribution in [0.3, 0.4) is 0 Å². The molecule has 0 atom stereocenters. The van der Waals surface area contributed by atoms with E-state index < -0.39 is 0 Å². The Labute approximate surface area is 160 Å². The molecule has 4 heteroatoms. The topological polar surface area (TPSA) is 28.2 Å². The van der Waals surface area contributed by atoms with Crippen molar-refractivity contribution in [2.24, 2.45) is 0 Å². The minimum absolute atomic E-state index is 0.863. The zero-order chi connectivity index (χ0) is 18.2. The van der Waals surface area contributed by atoms with E-state index in [1.165, 1.54) is 16.5 Å². The summed E-state index contributed by atoms with van der Waals surface area (Å²) in [6.07, 6.45) is 1.15. The third kappa shape index (κ3) is 5.56. The fraction of sp³-hybridized carbons (Fsp3) is 0.318. The molecular weight excluding hydrogens is 338 g/mol. The molecule has 0 unspecified atom stereocenters. The summed E-state index contributed by atoms with van der Waals surface area (Å²) in [6, 6.07) is 21.3. The number of fused-ring (bicyclic) bond motifs is 1. The second-order valence-corrected chi connectivity index (χ2v) is 7.72. The minimum Gasteiger partial charge on any atom is -0.313 e. The summed E-state index contributed by atoms with van der Waals surface area (Å²) in [6.45, 7) is 2.99. The van der Waals surface area contributed by atoms with E-state index in [1.54, 1.807) is 0 Å². The van der Waals surface area contributed by atoms with Gasteiger partial charge in [0, 0.05) is 17.7 Å². The molecule has 1 heterocycles. The van der Waals surface area contributed by atoms with Crippen LogP contribution < -0.4 is 5.32 Å². The summed E-state index contributed by atoms with van der Waals surface area (Å²) in [7, 11) is 4.23. The van der Waals surface area contributed by atoms with Crippen LogP contribution in [0.2, 0.25) is 0 Å². The van der Waals surface area contributed by atoms with E-state index in [0.29, 0.717) is 0 Å². The van der Waals surface area contributed by atoms with Gasteiger partial charge in [-0.05, 0) is 56.9 Å². The smallest absolute Gasteiger partial charge is 0.102 e. The predicted molar refractivity (Wildman–Crippen MR) is 113 cm³/mol. The van der Waals surface area contributed by atoms with Crippen molar-refractivity contribution in [1.82, 2.24) is 15.2 Å². The number of thioether (sulfide) groups is 1. The molecular formula is C22H27N3S. The van der Waals surface area contributed by atoms with Crippen molar-refractivity contribution >= 4 is 22.7 Å². The predicted octanol–water partition coefficient (Wildman–Crippen LogP) is 4.57. The molecule has 0 saturated carbocycles. The van der Waals surface area contributed by atoms with Crippen molar-refractivity contribution in [3.63, 3.8) is 0 Å². The number of para-hydroxylation sites is 1. The van der Waals surface area contributed by atoms with Crippen LogP contribution in [-0.4, -0.2) is 37.1 Å². The first-order valence-electron chi connectivity index (χ1n) is 9.13. The molecule has 3 aromatic rings. The second kappa shape index (κ2) is 9.72. The van der Waals surface area contributed by atoms with Gasteiger partial charge in [0.2, 0.25) is 0 Å². The highest BCUT2D eigenvalue weighted by Crippen LogP contribution is 2.27. The molecule has 26 heavy (non-hydrogen) atoms. The highest BCUT2D eigenvalue weighted by molar-refractivity contribution is 7.98. The quantitative estimate of drug-likeness (QED) is 0.444. The Kier molecular flexibility index (Phi) is 7.06.